The molecule has 1 aromatic rings. The van der Waals surface area contributed by atoms with E-state index in [1.54, 1.807) is 11.0 Å². The van der Waals surface area contributed by atoms with Crippen molar-refractivity contribution in [1.29, 1.82) is 0 Å². The van der Waals surface area contributed by atoms with Crippen molar-refractivity contribution in [2.24, 2.45) is 11.8 Å². The van der Waals surface area contributed by atoms with E-state index in [0.29, 0.717) is 37.4 Å². The van der Waals surface area contributed by atoms with Crippen LogP contribution in [0.15, 0.2) is 23.9 Å². The van der Waals surface area contributed by atoms with Crippen molar-refractivity contribution in [3.05, 3.63) is 29.5 Å². The summed E-state index contributed by atoms with van der Waals surface area (Å²) in [4.78, 5) is 30.6. The van der Waals surface area contributed by atoms with Crippen LogP contribution in [0.4, 0.5) is 5.69 Å². The number of anilines is 1. The Morgan fingerprint density at radius 1 is 1.37 bits per heavy atom. The zero-order valence-electron chi connectivity index (χ0n) is 17.8. The molecule has 1 saturated carbocycles. The normalized spacial score (nSPS) is 34.5. The summed E-state index contributed by atoms with van der Waals surface area (Å²) < 4.78 is 11.5. The number of phenols is 1. The first-order valence-electron chi connectivity index (χ1n) is 10.6. The molecule has 160 valence electrons. The van der Waals surface area contributed by atoms with Gasteiger partial charge in [-0.1, -0.05) is 6.07 Å². The standard InChI is InChI=1S/C23H28N2O5/c1-12-15-10-24(3)8-7-23-17-5-6-18(29-4)21(28)20(17)25(13(2)26)22(23)16(11-30-12)14(15)9-19(23)27/h5-6,10,12,14,16,22,28H,7-9,11H2,1-4H3. The molecule has 5 aliphatic rings. The van der Waals surface area contributed by atoms with Crippen LogP contribution in [0.2, 0.25) is 0 Å². The first-order valence-corrected chi connectivity index (χ1v) is 10.6. The van der Waals surface area contributed by atoms with Gasteiger partial charge in [0.2, 0.25) is 5.91 Å². The van der Waals surface area contributed by atoms with Crippen LogP contribution in [0.5, 0.6) is 11.5 Å². The molecule has 5 unspecified atom stereocenters. The highest BCUT2D eigenvalue weighted by molar-refractivity contribution is 6.06. The van der Waals surface area contributed by atoms with Crippen LogP contribution in [-0.4, -0.2) is 61.2 Å². The number of carbonyl (C=O) groups is 2. The van der Waals surface area contributed by atoms with Gasteiger partial charge in [-0.25, -0.2) is 0 Å². The number of hydrogen-bond acceptors (Lipinski definition) is 6. The molecule has 1 N–H and O–H groups in total. The van der Waals surface area contributed by atoms with Crippen LogP contribution in [-0.2, 0) is 19.7 Å². The fourth-order valence-corrected chi connectivity index (χ4v) is 6.35. The van der Waals surface area contributed by atoms with E-state index in [-0.39, 0.29) is 41.4 Å². The van der Waals surface area contributed by atoms with Gasteiger partial charge in [0.25, 0.3) is 0 Å². The number of phenolic OH excluding ortho intramolecular Hbond substituents is 1. The predicted molar refractivity (Wildman–Crippen MR) is 111 cm³/mol. The Bertz CT molecular complexity index is 973. The molecule has 4 heterocycles. The number of nitrogens with zero attached hydrogens (tertiary/aromatic N) is 2. The number of rotatable bonds is 1. The van der Waals surface area contributed by atoms with E-state index in [1.807, 2.05) is 20.0 Å². The number of fused-ring (bicyclic) bond motifs is 5. The topological polar surface area (TPSA) is 79.3 Å². The summed E-state index contributed by atoms with van der Waals surface area (Å²) >= 11 is 0. The van der Waals surface area contributed by atoms with Gasteiger partial charge in [-0.15, -0.1) is 0 Å². The molecule has 1 saturated heterocycles. The quantitative estimate of drug-likeness (QED) is 0.762. The van der Waals surface area contributed by atoms with Gasteiger partial charge in [0, 0.05) is 39.1 Å². The number of aromatic hydroxyl groups is 1. The molecule has 5 atom stereocenters. The predicted octanol–water partition coefficient (Wildman–Crippen LogP) is 2.22. The number of methoxy groups -OCH3 is 1. The summed E-state index contributed by atoms with van der Waals surface area (Å²) in [5, 5.41) is 11.0. The lowest BCUT2D eigenvalue weighted by Crippen LogP contribution is -2.63. The fraction of sp³-hybridized carbons (Fsp3) is 0.565. The molecule has 1 amide bonds. The van der Waals surface area contributed by atoms with Crippen molar-refractivity contribution in [3.8, 4) is 11.5 Å². The number of ether oxygens (including phenoxy) is 2. The maximum absolute atomic E-state index is 13.9. The third kappa shape index (κ3) is 2.30. The molecule has 4 aliphatic heterocycles. The van der Waals surface area contributed by atoms with Crippen molar-refractivity contribution in [2.45, 2.75) is 44.2 Å². The first kappa shape index (κ1) is 19.4. The second-order valence-electron chi connectivity index (χ2n) is 9.05. The molecule has 7 nitrogen and oxygen atoms in total. The molecule has 4 bridgehead atoms. The SMILES string of the molecule is COc1ccc2c(c1O)N(C(C)=O)C1C3COC(C)C4=CN(C)CCC21C(=O)CC43. The van der Waals surface area contributed by atoms with E-state index in [4.69, 9.17) is 9.47 Å². The van der Waals surface area contributed by atoms with E-state index in [0.717, 1.165) is 11.1 Å². The average molecular weight is 412 g/mol. The summed E-state index contributed by atoms with van der Waals surface area (Å²) in [5.74, 6) is 0.208. The molecule has 1 spiro atoms. The van der Waals surface area contributed by atoms with Crippen molar-refractivity contribution in [2.75, 3.05) is 32.2 Å². The van der Waals surface area contributed by atoms with Gasteiger partial charge >= 0.3 is 0 Å². The summed E-state index contributed by atoms with van der Waals surface area (Å²) in [5.41, 5.74) is 1.43. The number of benzene rings is 1. The van der Waals surface area contributed by atoms with Gasteiger partial charge in [-0.05, 0) is 36.5 Å². The summed E-state index contributed by atoms with van der Waals surface area (Å²) in [7, 11) is 3.51. The van der Waals surface area contributed by atoms with E-state index in [9.17, 15) is 14.7 Å². The fourth-order valence-electron chi connectivity index (χ4n) is 6.35. The molecule has 0 radical (unpaired) electrons. The summed E-state index contributed by atoms with van der Waals surface area (Å²) in [6.45, 7) is 4.70. The lowest BCUT2D eigenvalue weighted by Gasteiger charge is -2.51. The van der Waals surface area contributed by atoms with Gasteiger partial charge in [0.1, 0.15) is 5.78 Å². The molecule has 30 heavy (non-hydrogen) atoms. The minimum absolute atomic E-state index is 0.0154. The van der Waals surface area contributed by atoms with Crippen molar-refractivity contribution in [1.82, 2.24) is 4.90 Å². The molecular formula is C23H28N2O5. The third-order valence-electron chi connectivity index (χ3n) is 7.67. The summed E-state index contributed by atoms with van der Waals surface area (Å²) in [6.07, 6.45) is 3.10. The second kappa shape index (κ2) is 6.48. The highest BCUT2D eigenvalue weighted by Crippen LogP contribution is 2.61. The summed E-state index contributed by atoms with van der Waals surface area (Å²) in [6, 6.07) is 3.18. The molecule has 2 fully saturated rings. The van der Waals surface area contributed by atoms with E-state index in [2.05, 4.69) is 11.1 Å². The lowest BCUT2D eigenvalue weighted by molar-refractivity contribution is -0.134. The molecule has 6 rings (SSSR count). The highest BCUT2D eigenvalue weighted by atomic mass is 16.5. The molecular weight excluding hydrogens is 384 g/mol. The van der Waals surface area contributed by atoms with Crippen LogP contribution in [0.3, 0.4) is 0 Å². The molecule has 1 aromatic carbocycles. The number of amides is 1. The van der Waals surface area contributed by atoms with Crippen LogP contribution in [0.1, 0.15) is 32.3 Å². The third-order valence-corrected chi connectivity index (χ3v) is 7.67. The van der Waals surface area contributed by atoms with Crippen LogP contribution in [0, 0.1) is 11.8 Å². The maximum atomic E-state index is 13.9. The first-order chi connectivity index (χ1) is 14.3. The number of hydrogen-bond donors (Lipinski definition) is 1. The van der Waals surface area contributed by atoms with E-state index in [1.165, 1.54) is 14.0 Å². The van der Waals surface area contributed by atoms with Crippen molar-refractivity contribution >= 4 is 17.4 Å². The minimum atomic E-state index is -0.854. The minimum Gasteiger partial charge on any atom is -0.503 e. The van der Waals surface area contributed by atoms with Gasteiger partial charge < -0.3 is 24.4 Å². The molecule has 0 aromatic heterocycles. The van der Waals surface area contributed by atoms with Crippen molar-refractivity contribution in [3.63, 3.8) is 0 Å². The molecule has 7 heteroatoms. The Balaban J connectivity index is 1.80. The second-order valence-corrected chi connectivity index (χ2v) is 9.05. The Morgan fingerprint density at radius 3 is 2.83 bits per heavy atom. The monoisotopic (exact) mass is 412 g/mol. The van der Waals surface area contributed by atoms with Gasteiger partial charge in [0.05, 0.1) is 37.0 Å². The van der Waals surface area contributed by atoms with E-state index < -0.39 is 5.41 Å². The zero-order valence-corrected chi connectivity index (χ0v) is 17.8. The molecule has 1 aliphatic carbocycles. The van der Waals surface area contributed by atoms with Gasteiger partial charge in [0.15, 0.2) is 11.5 Å². The van der Waals surface area contributed by atoms with E-state index >= 15 is 0 Å². The average Bonchev–Trinajstić information content (AvgIpc) is 3.05. The van der Waals surface area contributed by atoms with Crippen LogP contribution in [0.25, 0.3) is 0 Å². The Kier molecular flexibility index (Phi) is 4.19. The zero-order chi connectivity index (χ0) is 21.4. The Labute approximate surface area is 176 Å². The van der Waals surface area contributed by atoms with Crippen LogP contribution < -0.4 is 9.64 Å². The Morgan fingerprint density at radius 2 is 2.13 bits per heavy atom. The van der Waals surface area contributed by atoms with Crippen molar-refractivity contribution < 1.29 is 24.2 Å². The highest BCUT2D eigenvalue weighted by Gasteiger charge is 2.65. The largest absolute Gasteiger partial charge is 0.503 e. The van der Waals surface area contributed by atoms with Crippen LogP contribution >= 0.6 is 0 Å². The van der Waals surface area contributed by atoms with Gasteiger partial charge in [-0.2, -0.15) is 0 Å². The number of Topliss-reactive ketones (excluding diaryl/α,β-unsaturated/α-hetero) is 1. The smallest absolute Gasteiger partial charge is 0.224 e. The van der Waals surface area contributed by atoms with Gasteiger partial charge in [-0.3, -0.25) is 9.59 Å². The number of ketones is 1. The Hall–Kier alpha value is -2.54. The maximum Gasteiger partial charge on any atom is 0.224 e. The number of carbonyl (C=O) groups excluding carboxylic acids is 2. The lowest BCUT2D eigenvalue weighted by atomic mass is 9.56.